The fourth-order valence-electron chi connectivity index (χ4n) is 3.66. The van der Waals surface area contributed by atoms with E-state index in [9.17, 15) is 4.79 Å². The fraction of sp³-hybridized carbons (Fsp3) is 0. The monoisotopic (exact) mass is 468 g/mol. The van der Waals surface area contributed by atoms with Gasteiger partial charge < -0.3 is 8.94 Å². The van der Waals surface area contributed by atoms with Crippen molar-refractivity contribution in [1.29, 1.82) is 0 Å². The predicted octanol–water partition coefficient (Wildman–Crippen LogP) is 5.15. The maximum Gasteiger partial charge on any atom is 0.269 e. The zero-order valence-corrected chi connectivity index (χ0v) is 18.0. The SMILES string of the molecule is O=C(c1ccc(Cl)cc1)n1c(-c2cc(-c3nnco3)no2)nc2cc(-c3ccncc3)ccc21. The van der Waals surface area contributed by atoms with Crippen LogP contribution in [0.1, 0.15) is 10.4 Å². The number of pyridine rings is 1. The second-order valence-electron chi connectivity index (χ2n) is 7.34. The number of imidazole rings is 1. The van der Waals surface area contributed by atoms with Crippen LogP contribution in [0, 0.1) is 0 Å². The molecule has 0 saturated heterocycles. The highest BCUT2D eigenvalue weighted by atomic mass is 35.5. The van der Waals surface area contributed by atoms with Gasteiger partial charge >= 0.3 is 0 Å². The Bertz CT molecular complexity index is 1620. The predicted molar refractivity (Wildman–Crippen MR) is 123 cm³/mol. The largest absolute Gasteiger partial charge is 0.422 e. The molecular weight excluding hydrogens is 456 g/mol. The molecule has 10 heteroatoms. The summed E-state index contributed by atoms with van der Waals surface area (Å²) in [6.07, 6.45) is 4.64. The zero-order valence-electron chi connectivity index (χ0n) is 17.3. The molecule has 0 aliphatic carbocycles. The molecule has 0 saturated carbocycles. The third-order valence-electron chi connectivity index (χ3n) is 5.27. The number of rotatable bonds is 4. The van der Waals surface area contributed by atoms with E-state index >= 15 is 0 Å². The van der Waals surface area contributed by atoms with E-state index in [2.05, 4.69) is 20.3 Å². The third-order valence-corrected chi connectivity index (χ3v) is 5.52. The lowest BCUT2D eigenvalue weighted by atomic mass is 10.1. The number of hydrogen-bond acceptors (Lipinski definition) is 8. The molecule has 9 nitrogen and oxygen atoms in total. The summed E-state index contributed by atoms with van der Waals surface area (Å²) in [5.74, 6) is 0.473. The van der Waals surface area contributed by atoms with Crippen LogP contribution in [0.15, 0.2) is 88.4 Å². The van der Waals surface area contributed by atoms with E-state index in [-0.39, 0.29) is 17.6 Å². The summed E-state index contributed by atoms with van der Waals surface area (Å²) in [5, 5.41) is 12.0. The molecule has 6 rings (SSSR count). The van der Waals surface area contributed by atoms with Gasteiger partial charge in [0.2, 0.25) is 12.2 Å². The zero-order chi connectivity index (χ0) is 23.1. The van der Waals surface area contributed by atoms with Crippen LogP contribution >= 0.6 is 11.6 Å². The number of halogens is 1. The van der Waals surface area contributed by atoms with Gasteiger partial charge in [-0.15, -0.1) is 10.2 Å². The van der Waals surface area contributed by atoms with E-state index in [0.29, 0.717) is 33.1 Å². The Morgan fingerprint density at radius 3 is 2.53 bits per heavy atom. The van der Waals surface area contributed by atoms with E-state index in [0.717, 1.165) is 11.1 Å². The molecule has 4 aromatic heterocycles. The number of carbonyl (C=O) groups is 1. The highest BCUT2D eigenvalue weighted by molar-refractivity contribution is 6.30. The number of benzene rings is 2. The second-order valence-corrected chi connectivity index (χ2v) is 7.78. The quantitative estimate of drug-likeness (QED) is 0.349. The molecule has 4 heterocycles. The average Bonchev–Trinajstić information content (AvgIpc) is 3.63. The number of aromatic nitrogens is 6. The molecule has 0 atom stereocenters. The first kappa shape index (κ1) is 20.0. The van der Waals surface area contributed by atoms with Gasteiger partial charge in [0.15, 0.2) is 11.5 Å². The van der Waals surface area contributed by atoms with Gasteiger partial charge in [-0.2, -0.15) is 0 Å². The molecular formula is C24H13ClN6O3. The molecule has 0 radical (unpaired) electrons. The van der Waals surface area contributed by atoms with Gasteiger partial charge in [0, 0.05) is 29.0 Å². The number of nitrogens with zero attached hydrogens (tertiary/aromatic N) is 6. The van der Waals surface area contributed by atoms with E-state index in [1.54, 1.807) is 42.7 Å². The van der Waals surface area contributed by atoms with Crippen molar-refractivity contribution in [2.24, 2.45) is 0 Å². The van der Waals surface area contributed by atoms with E-state index in [1.165, 1.54) is 11.0 Å². The summed E-state index contributed by atoms with van der Waals surface area (Å²) in [5.41, 5.74) is 3.93. The lowest BCUT2D eigenvalue weighted by Gasteiger charge is -2.07. The fourth-order valence-corrected chi connectivity index (χ4v) is 3.79. The maximum absolute atomic E-state index is 13.6. The summed E-state index contributed by atoms with van der Waals surface area (Å²) in [4.78, 5) is 22.4. The molecule has 2 aromatic carbocycles. The van der Waals surface area contributed by atoms with Crippen molar-refractivity contribution in [3.63, 3.8) is 0 Å². The van der Waals surface area contributed by atoms with Crippen molar-refractivity contribution in [3.8, 4) is 34.3 Å². The van der Waals surface area contributed by atoms with E-state index in [1.807, 2.05) is 30.3 Å². The van der Waals surface area contributed by atoms with Crippen LogP contribution in [0.5, 0.6) is 0 Å². The van der Waals surface area contributed by atoms with Crippen molar-refractivity contribution < 1.29 is 13.7 Å². The summed E-state index contributed by atoms with van der Waals surface area (Å²) < 4.78 is 12.2. The van der Waals surface area contributed by atoms with Crippen molar-refractivity contribution >= 4 is 28.5 Å². The highest BCUT2D eigenvalue weighted by Gasteiger charge is 2.24. The highest BCUT2D eigenvalue weighted by Crippen LogP contribution is 2.31. The minimum absolute atomic E-state index is 0.196. The summed E-state index contributed by atoms with van der Waals surface area (Å²) in [6.45, 7) is 0. The van der Waals surface area contributed by atoms with Gasteiger partial charge in [-0.1, -0.05) is 22.8 Å². The third kappa shape index (κ3) is 3.44. The molecule has 0 spiro atoms. The van der Waals surface area contributed by atoms with Gasteiger partial charge in [0.1, 0.15) is 0 Å². The van der Waals surface area contributed by atoms with Crippen LogP contribution < -0.4 is 0 Å². The van der Waals surface area contributed by atoms with Gasteiger partial charge in [0.25, 0.3) is 11.8 Å². The van der Waals surface area contributed by atoms with Gasteiger partial charge in [-0.25, -0.2) is 4.98 Å². The number of fused-ring (bicyclic) bond motifs is 1. The van der Waals surface area contributed by atoms with E-state index in [4.69, 9.17) is 25.5 Å². The van der Waals surface area contributed by atoms with Crippen LogP contribution in [0.3, 0.4) is 0 Å². The Kier molecular flexibility index (Phi) is 4.74. The number of hydrogen-bond donors (Lipinski definition) is 0. The Hall–Kier alpha value is -4.63. The van der Waals surface area contributed by atoms with Crippen LogP contribution in [0.25, 0.3) is 45.3 Å². The Balaban J connectivity index is 1.54. The molecule has 164 valence electrons. The molecule has 0 unspecified atom stereocenters. The van der Waals surface area contributed by atoms with Crippen LogP contribution in [0.2, 0.25) is 5.02 Å². The summed E-state index contributed by atoms with van der Waals surface area (Å²) in [7, 11) is 0. The molecule has 0 bridgehead atoms. The topological polar surface area (TPSA) is 113 Å². The minimum atomic E-state index is -0.290. The maximum atomic E-state index is 13.6. The van der Waals surface area contributed by atoms with Gasteiger partial charge in [-0.05, 0) is 59.7 Å². The Morgan fingerprint density at radius 2 is 1.76 bits per heavy atom. The molecule has 34 heavy (non-hydrogen) atoms. The first-order valence-electron chi connectivity index (χ1n) is 10.1. The first-order chi connectivity index (χ1) is 16.7. The van der Waals surface area contributed by atoms with Crippen molar-refractivity contribution in [2.45, 2.75) is 0 Å². The Labute approximate surface area is 196 Å². The molecule has 6 aromatic rings. The first-order valence-corrected chi connectivity index (χ1v) is 10.5. The normalized spacial score (nSPS) is 11.2. The van der Waals surface area contributed by atoms with Gasteiger partial charge in [-0.3, -0.25) is 14.3 Å². The molecule has 0 amide bonds. The molecule has 0 N–H and O–H groups in total. The summed E-state index contributed by atoms with van der Waals surface area (Å²) >= 11 is 6.01. The summed E-state index contributed by atoms with van der Waals surface area (Å²) in [6, 6.07) is 17.8. The van der Waals surface area contributed by atoms with Crippen molar-refractivity contribution in [1.82, 2.24) is 29.9 Å². The second kappa shape index (κ2) is 8.05. The lowest BCUT2D eigenvalue weighted by Crippen LogP contribution is -2.13. The standard InChI is InChI=1S/C24H13ClN6O3/c25-17-4-1-15(2-5-17)24(32)31-20-6-3-16(14-7-9-26-10-8-14)11-18(20)28-22(31)21-12-19(30-34-21)23-29-27-13-33-23/h1-13H. The average molecular weight is 469 g/mol. The smallest absolute Gasteiger partial charge is 0.269 e. The molecule has 0 aliphatic rings. The van der Waals surface area contributed by atoms with Gasteiger partial charge in [0.05, 0.1) is 11.0 Å². The minimum Gasteiger partial charge on any atom is -0.422 e. The molecule has 0 aliphatic heterocycles. The Morgan fingerprint density at radius 1 is 0.941 bits per heavy atom. The molecule has 0 fully saturated rings. The van der Waals surface area contributed by atoms with Crippen molar-refractivity contribution in [2.75, 3.05) is 0 Å². The van der Waals surface area contributed by atoms with Crippen LogP contribution in [0.4, 0.5) is 0 Å². The lowest BCUT2D eigenvalue weighted by molar-refractivity contribution is 0.0965. The van der Waals surface area contributed by atoms with Crippen LogP contribution in [-0.2, 0) is 0 Å². The van der Waals surface area contributed by atoms with Crippen LogP contribution in [-0.4, -0.2) is 35.8 Å². The van der Waals surface area contributed by atoms with E-state index < -0.39 is 0 Å². The van der Waals surface area contributed by atoms with Crippen molar-refractivity contribution in [3.05, 3.63) is 90.0 Å². The number of carbonyl (C=O) groups excluding carboxylic acids is 1.